The van der Waals surface area contributed by atoms with Gasteiger partial charge in [0.25, 0.3) is 5.91 Å². The Balaban J connectivity index is 2.18. The Labute approximate surface area is 148 Å². The fraction of sp³-hybridized carbons (Fsp3) is 0.300. The van der Waals surface area contributed by atoms with Crippen molar-refractivity contribution in [2.45, 2.75) is 12.5 Å². The molecular weight excluding hydrogens is 316 g/mol. The number of hydrogen-bond donors (Lipinski definition) is 1. The molecule has 0 radical (unpaired) electrons. The van der Waals surface area contributed by atoms with Crippen molar-refractivity contribution in [1.82, 2.24) is 9.80 Å². The van der Waals surface area contributed by atoms with Crippen LogP contribution in [0.2, 0.25) is 0 Å². The summed E-state index contributed by atoms with van der Waals surface area (Å²) < 4.78 is 5.45. The third-order valence-corrected chi connectivity index (χ3v) is 3.96. The molecule has 132 valence electrons. The van der Waals surface area contributed by atoms with E-state index in [4.69, 9.17) is 4.74 Å². The normalized spacial score (nSPS) is 12.3. The first kappa shape index (κ1) is 18.7. The van der Waals surface area contributed by atoms with Gasteiger partial charge >= 0.3 is 5.97 Å². The van der Waals surface area contributed by atoms with Crippen LogP contribution in [0.15, 0.2) is 54.6 Å². The molecule has 2 aromatic carbocycles. The molecule has 0 spiro atoms. The quantitative estimate of drug-likeness (QED) is 0.648. The molecule has 0 aliphatic carbocycles. The van der Waals surface area contributed by atoms with Gasteiger partial charge in [0.05, 0.1) is 28.3 Å². The molecule has 0 fully saturated rings. The van der Waals surface area contributed by atoms with E-state index in [1.54, 1.807) is 6.07 Å². The molecule has 1 atom stereocenters. The first-order valence-electron chi connectivity index (χ1n) is 8.16. The second-order valence-corrected chi connectivity index (χ2v) is 6.80. The highest BCUT2D eigenvalue weighted by atomic mass is 16.5. The lowest BCUT2D eigenvalue weighted by Gasteiger charge is -2.24. The maximum Gasteiger partial charge on any atom is 0.328 e. The summed E-state index contributed by atoms with van der Waals surface area (Å²) in [6.45, 7) is 0. The number of quaternary nitrogens is 1. The van der Waals surface area contributed by atoms with Gasteiger partial charge in [0.15, 0.2) is 0 Å². The number of amides is 1. The van der Waals surface area contributed by atoms with Gasteiger partial charge in [-0.3, -0.25) is 9.28 Å². The van der Waals surface area contributed by atoms with Crippen LogP contribution in [0.25, 0.3) is 0 Å². The van der Waals surface area contributed by atoms with Crippen molar-refractivity contribution in [2.75, 3.05) is 28.3 Å². The second-order valence-electron chi connectivity index (χ2n) is 6.80. The second kappa shape index (κ2) is 7.94. The maximum absolute atomic E-state index is 12.6. The van der Waals surface area contributed by atoms with Crippen LogP contribution in [0.5, 0.6) is 0 Å². The molecule has 0 heterocycles. The van der Waals surface area contributed by atoms with Crippen molar-refractivity contribution in [3.8, 4) is 0 Å². The lowest BCUT2D eigenvalue weighted by Crippen LogP contribution is -2.43. The molecule has 0 aliphatic rings. The highest BCUT2D eigenvalue weighted by molar-refractivity contribution is 5.97. The van der Waals surface area contributed by atoms with Crippen molar-refractivity contribution >= 4 is 17.6 Å². The van der Waals surface area contributed by atoms with Crippen molar-refractivity contribution in [3.63, 3.8) is 0 Å². The standard InChI is InChI=1S/C20H24N2O3/c1-22(2,3)17-12-8-11-16(14-17)19(23)21-18(20(24)25-4)13-15-9-6-5-7-10-15/h5-12,14,18H,13H2,1-4H3/p+1. The predicted octanol–water partition coefficient (Wildman–Crippen LogP) is 2.40. The molecule has 1 amide bonds. The lowest BCUT2D eigenvalue weighted by atomic mass is 10.1. The smallest absolute Gasteiger partial charge is 0.328 e. The number of nitrogens with zero attached hydrogens (tertiary/aromatic N) is 1. The zero-order valence-corrected chi connectivity index (χ0v) is 15.2. The summed E-state index contributed by atoms with van der Waals surface area (Å²) in [6.07, 6.45) is 0.383. The zero-order chi connectivity index (χ0) is 18.4. The molecule has 0 bridgehead atoms. The summed E-state index contributed by atoms with van der Waals surface area (Å²) in [5, 5.41) is 2.79. The largest absolute Gasteiger partial charge is 0.467 e. The van der Waals surface area contributed by atoms with E-state index < -0.39 is 12.0 Å². The van der Waals surface area contributed by atoms with E-state index >= 15 is 0 Å². The Morgan fingerprint density at radius 1 is 1.04 bits per heavy atom. The first-order valence-corrected chi connectivity index (χ1v) is 8.16. The average Bonchev–Trinajstić information content (AvgIpc) is 2.60. The number of esters is 1. The molecule has 2 rings (SSSR count). The summed E-state index contributed by atoms with van der Waals surface area (Å²) in [5.41, 5.74) is 2.48. The van der Waals surface area contributed by atoms with Crippen molar-refractivity contribution < 1.29 is 14.3 Å². The van der Waals surface area contributed by atoms with Gasteiger partial charge in [0.2, 0.25) is 0 Å². The van der Waals surface area contributed by atoms with Gasteiger partial charge in [-0.05, 0) is 17.7 Å². The molecule has 0 aliphatic heterocycles. The number of benzene rings is 2. The zero-order valence-electron chi connectivity index (χ0n) is 15.2. The first-order chi connectivity index (χ1) is 11.8. The summed E-state index contributed by atoms with van der Waals surface area (Å²) in [7, 11) is 7.42. The third-order valence-electron chi connectivity index (χ3n) is 3.96. The van der Waals surface area contributed by atoms with Crippen LogP contribution in [0.1, 0.15) is 15.9 Å². The number of methoxy groups -OCH3 is 1. The van der Waals surface area contributed by atoms with Crippen molar-refractivity contribution in [2.24, 2.45) is 0 Å². The SMILES string of the molecule is COC(=O)C(Cc1ccccc1)NC(=O)c1cccc([N+](C)(C)C)c1. The molecule has 0 aromatic heterocycles. The number of nitrogens with one attached hydrogen (secondary N) is 1. The minimum Gasteiger partial charge on any atom is -0.467 e. The molecule has 5 heteroatoms. The third kappa shape index (κ3) is 5.16. The van der Waals surface area contributed by atoms with Crippen LogP contribution < -0.4 is 9.80 Å². The van der Waals surface area contributed by atoms with E-state index in [2.05, 4.69) is 5.32 Å². The van der Waals surface area contributed by atoms with Crippen LogP contribution in [0, 0.1) is 0 Å². The summed E-state index contributed by atoms with van der Waals surface area (Å²) in [5.74, 6) is -0.749. The number of carbonyl (C=O) groups is 2. The van der Waals surface area contributed by atoms with Crippen molar-refractivity contribution in [1.29, 1.82) is 0 Å². The molecule has 25 heavy (non-hydrogen) atoms. The average molecular weight is 341 g/mol. The van der Waals surface area contributed by atoms with E-state index in [0.717, 1.165) is 11.3 Å². The summed E-state index contributed by atoms with van der Waals surface area (Å²) in [4.78, 5) is 24.7. The fourth-order valence-electron chi connectivity index (χ4n) is 2.49. The molecule has 1 unspecified atom stereocenters. The number of carbonyl (C=O) groups excluding carboxylic acids is 2. The molecule has 0 saturated heterocycles. The Morgan fingerprint density at radius 2 is 1.72 bits per heavy atom. The van der Waals surface area contributed by atoms with Crippen LogP contribution in [0.3, 0.4) is 0 Å². The van der Waals surface area contributed by atoms with Gasteiger partial charge in [-0.1, -0.05) is 36.4 Å². The van der Waals surface area contributed by atoms with E-state index in [1.807, 2.05) is 69.7 Å². The lowest BCUT2D eigenvalue weighted by molar-refractivity contribution is -0.142. The number of rotatable bonds is 6. The molecular formula is C20H25N2O3+. The predicted molar refractivity (Wildman–Crippen MR) is 99.4 cm³/mol. The highest BCUT2D eigenvalue weighted by Crippen LogP contribution is 2.18. The van der Waals surface area contributed by atoms with E-state index in [0.29, 0.717) is 16.5 Å². The van der Waals surface area contributed by atoms with E-state index in [9.17, 15) is 9.59 Å². The van der Waals surface area contributed by atoms with Crippen LogP contribution in [-0.2, 0) is 16.0 Å². The van der Waals surface area contributed by atoms with E-state index in [-0.39, 0.29) is 5.91 Å². The number of hydrogen-bond acceptors (Lipinski definition) is 3. The Kier molecular flexibility index (Phi) is 5.93. The minimum absolute atomic E-state index is 0.290. The molecule has 2 aromatic rings. The van der Waals surface area contributed by atoms with Gasteiger partial charge < -0.3 is 10.1 Å². The minimum atomic E-state index is -0.729. The van der Waals surface area contributed by atoms with Gasteiger partial charge in [0, 0.05) is 18.1 Å². The Hall–Kier alpha value is -2.66. The fourth-order valence-corrected chi connectivity index (χ4v) is 2.49. The maximum atomic E-state index is 12.6. The van der Waals surface area contributed by atoms with Gasteiger partial charge in [-0.15, -0.1) is 0 Å². The topological polar surface area (TPSA) is 55.4 Å². The Morgan fingerprint density at radius 3 is 2.32 bits per heavy atom. The van der Waals surface area contributed by atoms with Crippen LogP contribution in [-0.4, -0.2) is 46.2 Å². The van der Waals surface area contributed by atoms with E-state index in [1.165, 1.54) is 7.11 Å². The van der Waals surface area contributed by atoms with Gasteiger partial charge in [-0.25, -0.2) is 4.79 Å². The van der Waals surface area contributed by atoms with Gasteiger partial charge in [-0.2, -0.15) is 0 Å². The summed E-state index contributed by atoms with van der Waals surface area (Å²) in [6, 6.07) is 16.2. The van der Waals surface area contributed by atoms with Crippen LogP contribution in [0.4, 0.5) is 5.69 Å². The van der Waals surface area contributed by atoms with Crippen LogP contribution >= 0.6 is 0 Å². The molecule has 0 saturated carbocycles. The highest BCUT2D eigenvalue weighted by Gasteiger charge is 2.23. The summed E-state index contributed by atoms with van der Waals surface area (Å²) >= 11 is 0. The monoisotopic (exact) mass is 341 g/mol. The Bertz CT molecular complexity index is 736. The molecule has 1 N–H and O–H groups in total. The number of ether oxygens (including phenoxy) is 1. The van der Waals surface area contributed by atoms with Gasteiger partial charge in [0.1, 0.15) is 11.7 Å². The molecule has 5 nitrogen and oxygen atoms in total. The van der Waals surface area contributed by atoms with Crippen molar-refractivity contribution in [3.05, 3.63) is 65.7 Å².